The van der Waals surface area contributed by atoms with Gasteiger partial charge in [0.15, 0.2) is 0 Å². The Kier molecular flexibility index (Phi) is 4.35. The van der Waals surface area contributed by atoms with Crippen LogP contribution in [0.5, 0.6) is 0 Å². The van der Waals surface area contributed by atoms with Crippen molar-refractivity contribution in [2.45, 2.75) is 20.8 Å². The van der Waals surface area contributed by atoms with Gasteiger partial charge in [0, 0.05) is 25.8 Å². The standard InChI is InChI=1S/C13H20N2O/c1-5-14(4)13(16)15(6-2)12-9-7-8-11(3)10-12/h7-10H,5-6H2,1-4H3. The molecule has 0 radical (unpaired) electrons. The van der Waals surface area contributed by atoms with Gasteiger partial charge in [-0.15, -0.1) is 0 Å². The van der Waals surface area contributed by atoms with Crippen molar-refractivity contribution in [2.24, 2.45) is 0 Å². The Bertz CT molecular complexity index is 363. The Morgan fingerprint density at radius 2 is 1.94 bits per heavy atom. The SMILES string of the molecule is CCN(C)C(=O)N(CC)c1cccc(C)c1. The first-order chi connectivity index (χ1) is 7.60. The monoisotopic (exact) mass is 220 g/mol. The molecule has 1 aromatic carbocycles. The summed E-state index contributed by atoms with van der Waals surface area (Å²) in [6, 6.07) is 8.07. The van der Waals surface area contributed by atoms with Gasteiger partial charge in [0.05, 0.1) is 0 Å². The van der Waals surface area contributed by atoms with Crippen molar-refractivity contribution < 1.29 is 4.79 Å². The number of urea groups is 1. The van der Waals surface area contributed by atoms with E-state index in [1.54, 1.807) is 9.80 Å². The number of benzene rings is 1. The first-order valence-electron chi connectivity index (χ1n) is 5.69. The van der Waals surface area contributed by atoms with Gasteiger partial charge >= 0.3 is 6.03 Å². The topological polar surface area (TPSA) is 23.6 Å². The van der Waals surface area contributed by atoms with Crippen LogP contribution in [0, 0.1) is 6.92 Å². The van der Waals surface area contributed by atoms with E-state index in [2.05, 4.69) is 0 Å². The molecule has 0 N–H and O–H groups in total. The third kappa shape index (κ3) is 2.75. The second-order valence-corrected chi connectivity index (χ2v) is 3.88. The van der Waals surface area contributed by atoms with E-state index in [4.69, 9.17) is 0 Å². The molecule has 0 aliphatic heterocycles. The molecule has 0 atom stereocenters. The van der Waals surface area contributed by atoms with Crippen LogP contribution in [0.4, 0.5) is 10.5 Å². The van der Waals surface area contributed by atoms with E-state index in [0.29, 0.717) is 6.54 Å². The van der Waals surface area contributed by atoms with Crippen molar-refractivity contribution in [3.63, 3.8) is 0 Å². The third-order valence-electron chi connectivity index (χ3n) is 2.66. The fraction of sp³-hybridized carbons (Fsp3) is 0.462. The Morgan fingerprint density at radius 3 is 2.44 bits per heavy atom. The number of aryl methyl sites for hydroxylation is 1. The minimum absolute atomic E-state index is 0.0515. The largest absolute Gasteiger partial charge is 0.328 e. The number of carbonyl (C=O) groups excluding carboxylic acids is 1. The summed E-state index contributed by atoms with van der Waals surface area (Å²) in [5.74, 6) is 0. The van der Waals surface area contributed by atoms with E-state index in [-0.39, 0.29) is 6.03 Å². The number of amides is 2. The molecular formula is C13H20N2O. The van der Waals surface area contributed by atoms with Crippen molar-refractivity contribution in [3.05, 3.63) is 29.8 Å². The average molecular weight is 220 g/mol. The van der Waals surface area contributed by atoms with Gasteiger partial charge in [0.1, 0.15) is 0 Å². The van der Waals surface area contributed by atoms with Crippen molar-refractivity contribution in [3.8, 4) is 0 Å². The summed E-state index contributed by atoms with van der Waals surface area (Å²) in [6.45, 7) is 7.41. The molecule has 0 unspecified atom stereocenters. The van der Waals surface area contributed by atoms with E-state index >= 15 is 0 Å². The molecule has 0 saturated heterocycles. The summed E-state index contributed by atoms with van der Waals surface area (Å²) < 4.78 is 0. The molecule has 3 heteroatoms. The van der Waals surface area contributed by atoms with E-state index in [1.807, 2.05) is 52.1 Å². The number of anilines is 1. The normalized spacial score (nSPS) is 10.0. The first-order valence-corrected chi connectivity index (χ1v) is 5.69. The highest BCUT2D eigenvalue weighted by molar-refractivity contribution is 5.91. The van der Waals surface area contributed by atoms with Gasteiger partial charge in [0.25, 0.3) is 0 Å². The van der Waals surface area contributed by atoms with Crippen LogP contribution in [0.15, 0.2) is 24.3 Å². The van der Waals surface area contributed by atoms with Gasteiger partial charge in [0.2, 0.25) is 0 Å². The first kappa shape index (κ1) is 12.6. The summed E-state index contributed by atoms with van der Waals surface area (Å²) in [6.07, 6.45) is 0. The average Bonchev–Trinajstić information content (AvgIpc) is 2.29. The van der Waals surface area contributed by atoms with Crippen LogP contribution < -0.4 is 4.90 Å². The van der Waals surface area contributed by atoms with Crippen molar-refractivity contribution >= 4 is 11.7 Å². The molecule has 1 aromatic rings. The van der Waals surface area contributed by atoms with Gasteiger partial charge in [-0.05, 0) is 38.5 Å². The molecule has 0 aromatic heterocycles. The van der Waals surface area contributed by atoms with Gasteiger partial charge < -0.3 is 4.90 Å². The smallest absolute Gasteiger partial charge is 0.324 e. The second-order valence-electron chi connectivity index (χ2n) is 3.88. The van der Waals surface area contributed by atoms with Crippen LogP contribution in [0.3, 0.4) is 0 Å². The highest BCUT2D eigenvalue weighted by Crippen LogP contribution is 2.16. The molecule has 2 amide bonds. The van der Waals surface area contributed by atoms with Crippen LogP contribution in [0.2, 0.25) is 0 Å². The van der Waals surface area contributed by atoms with Crippen LogP contribution in [0.25, 0.3) is 0 Å². The van der Waals surface area contributed by atoms with E-state index in [9.17, 15) is 4.79 Å². The Labute approximate surface area is 97.7 Å². The van der Waals surface area contributed by atoms with E-state index in [1.165, 1.54) is 5.56 Å². The zero-order valence-electron chi connectivity index (χ0n) is 10.5. The molecule has 0 fully saturated rings. The molecule has 3 nitrogen and oxygen atoms in total. The maximum absolute atomic E-state index is 12.1. The lowest BCUT2D eigenvalue weighted by atomic mass is 10.2. The minimum Gasteiger partial charge on any atom is -0.328 e. The highest BCUT2D eigenvalue weighted by Gasteiger charge is 2.16. The molecular weight excluding hydrogens is 200 g/mol. The Hall–Kier alpha value is -1.51. The number of hydrogen-bond donors (Lipinski definition) is 0. The molecule has 0 aliphatic carbocycles. The molecule has 0 spiro atoms. The lowest BCUT2D eigenvalue weighted by Gasteiger charge is -2.26. The summed E-state index contributed by atoms with van der Waals surface area (Å²) in [5.41, 5.74) is 2.13. The highest BCUT2D eigenvalue weighted by atomic mass is 16.2. The minimum atomic E-state index is 0.0515. The summed E-state index contributed by atoms with van der Waals surface area (Å²) in [4.78, 5) is 15.6. The van der Waals surface area contributed by atoms with Crippen molar-refractivity contribution in [1.29, 1.82) is 0 Å². The van der Waals surface area contributed by atoms with Crippen LogP contribution >= 0.6 is 0 Å². The Balaban J connectivity index is 2.94. The molecule has 1 rings (SSSR count). The molecule has 0 bridgehead atoms. The second kappa shape index (κ2) is 5.54. The molecule has 16 heavy (non-hydrogen) atoms. The lowest BCUT2D eigenvalue weighted by Crippen LogP contribution is -2.41. The maximum atomic E-state index is 12.1. The quantitative estimate of drug-likeness (QED) is 0.768. The summed E-state index contributed by atoms with van der Waals surface area (Å²) in [5, 5.41) is 0. The summed E-state index contributed by atoms with van der Waals surface area (Å²) >= 11 is 0. The number of hydrogen-bond acceptors (Lipinski definition) is 1. The summed E-state index contributed by atoms with van der Waals surface area (Å²) in [7, 11) is 1.82. The van der Waals surface area contributed by atoms with Gasteiger partial charge in [-0.2, -0.15) is 0 Å². The fourth-order valence-corrected chi connectivity index (χ4v) is 1.57. The van der Waals surface area contributed by atoms with Crippen LogP contribution in [0.1, 0.15) is 19.4 Å². The third-order valence-corrected chi connectivity index (χ3v) is 2.66. The van der Waals surface area contributed by atoms with Crippen LogP contribution in [-0.4, -0.2) is 31.1 Å². The lowest BCUT2D eigenvalue weighted by molar-refractivity contribution is 0.218. The van der Waals surface area contributed by atoms with E-state index < -0.39 is 0 Å². The zero-order valence-corrected chi connectivity index (χ0v) is 10.5. The van der Waals surface area contributed by atoms with E-state index in [0.717, 1.165) is 12.2 Å². The predicted molar refractivity (Wildman–Crippen MR) is 67.9 cm³/mol. The Morgan fingerprint density at radius 1 is 1.25 bits per heavy atom. The van der Waals surface area contributed by atoms with Crippen molar-refractivity contribution in [1.82, 2.24) is 4.90 Å². The maximum Gasteiger partial charge on any atom is 0.324 e. The molecule has 88 valence electrons. The van der Waals surface area contributed by atoms with Gasteiger partial charge in [-0.3, -0.25) is 4.90 Å². The zero-order chi connectivity index (χ0) is 12.1. The van der Waals surface area contributed by atoms with Crippen LogP contribution in [-0.2, 0) is 0 Å². The number of nitrogens with zero attached hydrogens (tertiary/aromatic N) is 2. The fourth-order valence-electron chi connectivity index (χ4n) is 1.57. The van der Waals surface area contributed by atoms with Gasteiger partial charge in [-0.1, -0.05) is 12.1 Å². The van der Waals surface area contributed by atoms with Gasteiger partial charge in [-0.25, -0.2) is 4.79 Å². The molecule has 0 aliphatic rings. The number of carbonyl (C=O) groups is 1. The molecule has 0 saturated carbocycles. The molecule has 0 heterocycles. The number of rotatable bonds is 3. The van der Waals surface area contributed by atoms with Crippen molar-refractivity contribution in [2.75, 3.05) is 25.0 Å². The predicted octanol–water partition coefficient (Wildman–Crippen LogP) is 2.89.